The van der Waals surface area contributed by atoms with Crippen LogP contribution in [0.4, 0.5) is 11.4 Å². The average Bonchev–Trinajstić information content (AvgIpc) is 3.48. The average molecular weight is 638 g/mol. The van der Waals surface area contributed by atoms with E-state index in [9.17, 15) is 24.3 Å². The zero-order valence-electron chi connectivity index (χ0n) is 22.5. The summed E-state index contributed by atoms with van der Waals surface area (Å²) in [5, 5.41) is 12.4. The van der Waals surface area contributed by atoms with Crippen LogP contribution in [0.5, 0.6) is 17.2 Å². The van der Waals surface area contributed by atoms with Gasteiger partial charge in [0.25, 0.3) is 5.91 Å². The Morgan fingerprint density at radius 2 is 1.74 bits per heavy atom. The van der Waals surface area contributed by atoms with E-state index in [1.807, 2.05) is 0 Å². The summed E-state index contributed by atoms with van der Waals surface area (Å²) in [6.07, 6.45) is 0. The molecule has 13 heteroatoms. The van der Waals surface area contributed by atoms with Gasteiger partial charge in [0.05, 0.1) is 23.2 Å². The lowest BCUT2D eigenvalue weighted by Crippen LogP contribution is -2.32. The number of thiazole rings is 1. The van der Waals surface area contributed by atoms with Crippen molar-refractivity contribution in [3.05, 3.63) is 91.9 Å². The molecule has 3 amide bonds. The van der Waals surface area contributed by atoms with Crippen molar-refractivity contribution in [1.29, 1.82) is 0 Å². The molecule has 220 valence electrons. The molecule has 2 aliphatic rings. The first-order valence-electron chi connectivity index (χ1n) is 13.2. The number of nitrogens with one attached hydrogen (secondary N) is 2. The van der Waals surface area contributed by atoms with Crippen molar-refractivity contribution in [2.24, 2.45) is 5.92 Å². The third-order valence-electron chi connectivity index (χ3n) is 7.05. The molecule has 3 aromatic carbocycles. The molecule has 2 aliphatic heterocycles. The lowest BCUT2D eigenvalue weighted by molar-refractivity contribution is -0.122. The Balaban J connectivity index is 1.31. The zero-order chi connectivity index (χ0) is 30.2. The molecule has 0 radical (unpaired) electrons. The minimum atomic E-state index is -0.774. The maximum atomic E-state index is 13.9. The van der Waals surface area contributed by atoms with Crippen molar-refractivity contribution in [3.63, 3.8) is 0 Å². The van der Waals surface area contributed by atoms with E-state index in [0.717, 1.165) is 11.3 Å². The van der Waals surface area contributed by atoms with Crippen molar-refractivity contribution in [2.75, 3.05) is 23.4 Å². The highest BCUT2D eigenvalue weighted by Gasteiger charge is 2.56. The summed E-state index contributed by atoms with van der Waals surface area (Å²) in [7, 11) is 0. The summed E-state index contributed by atoms with van der Waals surface area (Å²) in [6.45, 7) is 1.80. The number of nitrogens with zero attached hydrogens (tertiary/aromatic N) is 1. The number of aromatic nitrogens is 1. The van der Waals surface area contributed by atoms with Crippen molar-refractivity contribution in [3.8, 4) is 17.2 Å². The molecule has 1 fully saturated rings. The highest BCUT2D eigenvalue weighted by molar-refractivity contribution is 8.00. The number of phenols is 1. The normalized spacial score (nSPS) is 19.1. The number of anilines is 2. The molecule has 3 N–H and O–H groups in total. The number of aromatic hydroxyl groups is 1. The second kappa shape index (κ2) is 11.8. The highest BCUT2D eigenvalue weighted by atomic mass is 35.5. The second-order valence-corrected chi connectivity index (χ2v) is 12.4. The molecule has 1 saturated heterocycles. The van der Waals surface area contributed by atoms with E-state index in [1.54, 1.807) is 61.5 Å². The molecule has 0 bridgehead atoms. The number of thioether (sulfide) groups is 1. The lowest BCUT2D eigenvalue weighted by Gasteiger charge is -2.30. The summed E-state index contributed by atoms with van der Waals surface area (Å²) in [5.74, 6) is -1.78. The predicted octanol–water partition coefficient (Wildman–Crippen LogP) is 5.01. The lowest BCUT2D eigenvalue weighted by atomic mass is 9.83. The third kappa shape index (κ3) is 5.61. The number of phenolic OH excluding ortho intramolecular Hbond substituents is 1. The van der Waals surface area contributed by atoms with Crippen molar-refractivity contribution in [2.45, 2.75) is 23.1 Å². The molecule has 2 unspecified atom stereocenters. The molecule has 0 saturated carbocycles. The molecule has 3 heterocycles. The van der Waals surface area contributed by atoms with Gasteiger partial charge in [-0.2, -0.15) is 0 Å². The monoisotopic (exact) mass is 637 g/mol. The van der Waals surface area contributed by atoms with Crippen LogP contribution in [-0.2, 0) is 14.4 Å². The Hall–Kier alpha value is -4.26. The highest BCUT2D eigenvalue weighted by Crippen LogP contribution is 2.53. The minimum absolute atomic E-state index is 0.0824. The van der Waals surface area contributed by atoms with E-state index in [-0.39, 0.29) is 29.0 Å². The molecule has 6 rings (SSSR count). The van der Waals surface area contributed by atoms with Crippen LogP contribution in [0.25, 0.3) is 0 Å². The quantitative estimate of drug-likeness (QED) is 0.181. The molecule has 1 aromatic heterocycles. The fourth-order valence-corrected chi connectivity index (χ4v) is 7.85. The molecule has 4 aromatic rings. The summed E-state index contributed by atoms with van der Waals surface area (Å²) >= 11 is 8.24. The number of imide groups is 1. The topological polar surface area (TPSA) is 138 Å². The fourth-order valence-electron chi connectivity index (χ4n) is 5.21. The van der Waals surface area contributed by atoms with Gasteiger partial charge in [-0.05, 0) is 73.2 Å². The van der Waals surface area contributed by atoms with E-state index in [2.05, 4.69) is 10.3 Å². The summed E-state index contributed by atoms with van der Waals surface area (Å²) in [5.41, 5.74) is 1.59. The largest absolute Gasteiger partial charge is 0.508 e. The number of hydrogen-bond donors (Lipinski definition) is 3. The fraction of sp³-hybridized carbons (Fsp3) is 0.200. The Bertz CT molecular complexity index is 1770. The van der Waals surface area contributed by atoms with Gasteiger partial charge in [0.2, 0.25) is 11.8 Å². The molecular formula is C30H24ClN3O7S2. The van der Waals surface area contributed by atoms with Gasteiger partial charge in [0, 0.05) is 21.5 Å². The number of fused-ring (bicyclic) bond motifs is 2. The number of amides is 3. The first-order valence-corrected chi connectivity index (χ1v) is 15.3. The van der Waals surface area contributed by atoms with Crippen molar-refractivity contribution < 1.29 is 29.0 Å². The molecule has 0 aliphatic carbocycles. The van der Waals surface area contributed by atoms with Gasteiger partial charge >= 0.3 is 4.87 Å². The molecule has 3 atom stereocenters. The maximum Gasteiger partial charge on any atom is 0.305 e. The van der Waals surface area contributed by atoms with Crippen LogP contribution in [0, 0.1) is 5.92 Å². The van der Waals surface area contributed by atoms with Crippen LogP contribution in [0.15, 0.2) is 76.6 Å². The number of benzene rings is 3. The number of carbonyl (C=O) groups is 3. The SMILES string of the molecule is CCOc1cc([C@H]2c3sc(=O)[nH]c3SC3C(=O)N(c4ccc(Cl)cc4)C(=O)C32)ccc1OCC(=O)Nc1ccc(O)cc1. The van der Waals surface area contributed by atoms with Gasteiger partial charge in [0.15, 0.2) is 18.1 Å². The van der Waals surface area contributed by atoms with E-state index >= 15 is 0 Å². The van der Waals surface area contributed by atoms with Crippen LogP contribution in [-0.4, -0.2) is 46.3 Å². The summed E-state index contributed by atoms with van der Waals surface area (Å²) < 4.78 is 11.6. The summed E-state index contributed by atoms with van der Waals surface area (Å²) in [4.78, 5) is 56.9. The van der Waals surface area contributed by atoms with Gasteiger partial charge in [-0.25, -0.2) is 4.90 Å². The Morgan fingerprint density at radius 3 is 2.47 bits per heavy atom. The number of hydrogen-bond acceptors (Lipinski definition) is 9. The molecule has 10 nitrogen and oxygen atoms in total. The van der Waals surface area contributed by atoms with E-state index in [4.69, 9.17) is 21.1 Å². The van der Waals surface area contributed by atoms with Gasteiger partial charge in [0.1, 0.15) is 11.0 Å². The standard InChI is InChI=1S/C30H24ClN3O7S2/c1-2-40-21-13-15(3-12-20(21)41-14-22(36)32-17-6-10-19(35)11-7-17)23-24-26(42-27-25(23)43-30(39)33-27)29(38)34(28(24)37)18-8-4-16(31)5-9-18/h3-13,23-24,26,35H,2,14H2,1H3,(H,32,36)(H,33,39)/t23-,24?,26?/m1/s1. The van der Waals surface area contributed by atoms with Crippen LogP contribution in [0.3, 0.4) is 0 Å². The van der Waals surface area contributed by atoms with E-state index in [0.29, 0.717) is 50.0 Å². The number of carbonyl (C=O) groups excluding carboxylic acids is 3. The molecule has 0 spiro atoms. The Kier molecular flexibility index (Phi) is 7.91. The molecule has 43 heavy (non-hydrogen) atoms. The first kappa shape index (κ1) is 28.8. The number of ether oxygens (including phenoxy) is 2. The van der Waals surface area contributed by atoms with Crippen LogP contribution in [0.2, 0.25) is 5.02 Å². The number of rotatable bonds is 8. The van der Waals surface area contributed by atoms with Gasteiger partial charge in [-0.1, -0.05) is 40.8 Å². The van der Waals surface area contributed by atoms with Crippen LogP contribution in [0.1, 0.15) is 23.3 Å². The van der Waals surface area contributed by atoms with E-state index < -0.39 is 23.0 Å². The van der Waals surface area contributed by atoms with Crippen LogP contribution < -0.4 is 24.6 Å². The van der Waals surface area contributed by atoms with E-state index in [1.165, 1.54) is 28.8 Å². The molecular weight excluding hydrogens is 614 g/mol. The maximum absolute atomic E-state index is 13.9. The first-order chi connectivity index (χ1) is 20.7. The Morgan fingerprint density at radius 1 is 1.00 bits per heavy atom. The van der Waals surface area contributed by atoms with Gasteiger partial charge in [-0.3, -0.25) is 19.2 Å². The number of halogens is 1. The second-order valence-electron chi connectivity index (χ2n) is 9.76. The minimum Gasteiger partial charge on any atom is -0.508 e. The van der Waals surface area contributed by atoms with Gasteiger partial charge < -0.3 is 24.9 Å². The summed E-state index contributed by atoms with van der Waals surface area (Å²) in [6, 6.07) is 17.7. The van der Waals surface area contributed by atoms with Crippen LogP contribution >= 0.6 is 34.7 Å². The number of aromatic amines is 1. The predicted molar refractivity (Wildman–Crippen MR) is 164 cm³/mol. The van der Waals surface area contributed by atoms with Crippen molar-refractivity contribution in [1.82, 2.24) is 4.98 Å². The Labute approximate surface area is 258 Å². The van der Waals surface area contributed by atoms with Gasteiger partial charge in [-0.15, -0.1) is 0 Å². The van der Waals surface area contributed by atoms with Crippen molar-refractivity contribution >= 4 is 63.8 Å². The smallest absolute Gasteiger partial charge is 0.305 e. The number of H-pyrrole nitrogens is 1. The third-order valence-corrected chi connectivity index (χ3v) is 9.70. The zero-order valence-corrected chi connectivity index (χ0v) is 24.9.